The van der Waals surface area contributed by atoms with Gasteiger partial charge in [-0.05, 0) is 13.8 Å². The van der Waals surface area contributed by atoms with Crippen molar-refractivity contribution in [1.82, 2.24) is 15.4 Å². The predicted octanol–water partition coefficient (Wildman–Crippen LogP) is 0.535. The lowest BCUT2D eigenvalue weighted by atomic mass is 10.5. The molecule has 0 bridgehead atoms. The molecule has 0 saturated heterocycles. The summed E-state index contributed by atoms with van der Waals surface area (Å²) in [6.07, 6.45) is 2.88. The molecule has 1 aromatic heterocycles. The van der Waals surface area contributed by atoms with Gasteiger partial charge in [-0.1, -0.05) is 0 Å². The molecule has 0 radical (unpaired) electrons. The third-order valence-corrected chi connectivity index (χ3v) is 1.12. The third kappa shape index (κ3) is 2.19. The Bertz CT molecular complexity index is 284. The van der Waals surface area contributed by atoms with Crippen LogP contribution < -0.4 is 5.43 Å². The first kappa shape index (κ1) is 8.45. The lowest BCUT2D eigenvalue weighted by molar-refractivity contribution is 0.0950. The number of carbonyl (C=O) groups is 1. The number of aromatic nitrogens is 2. The second kappa shape index (κ2) is 3.66. The van der Waals surface area contributed by atoms with Gasteiger partial charge in [-0.3, -0.25) is 4.79 Å². The molecular formula is C7H10N4O. The highest BCUT2D eigenvalue weighted by molar-refractivity contribution is 5.92. The quantitative estimate of drug-likeness (QED) is 0.497. The van der Waals surface area contributed by atoms with Crippen molar-refractivity contribution in [3.8, 4) is 0 Å². The van der Waals surface area contributed by atoms with E-state index in [9.17, 15) is 4.79 Å². The lowest BCUT2D eigenvalue weighted by Gasteiger charge is -1.95. The number of nitrogens with one attached hydrogen (secondary N) is 2. The van der Waals surface area contributed by atoms with Crippen LogP contribution in [-0.2, 0) is 0 Å². The molecule has 1 rings (SSSR count). The van der Waals surface area contributed by atoms with Gasteiger partial charge in [-0.15, -0.1) is 0 Å². The van der Waals surface area contributed by atoms with E-state index in [2.05, 4.69) is 20.5 Å². The summed E-state index contributed by atoms with van der Waals surface area (Å²) in [5.74, 6) is -0.284. The predicted molar refractivity (Wildman–Crippen MR) is 44.8 cm³/mol. The molecule has 12 heavy (non-hydrogen) atoms. The second-order valence-corrected chi connectivity index (χ2v) is 2.47. The van der Waals surface area contributed by atoms with Crippen LogP contribution in [0.2, 0.25) is 0 Å². The Morgan fingerprint density at radius 3 is 2.92 bits per heavy atom. The fourth-order valence-electron chi connectivity index (χ4n) is 0.603. The molecule has 1 amide bonds. The zero-order chi connectivity index (χ0) is 8.97. The van der Waals surface area contributed by atoms with E-state index in [4.69, 9.17) is 0 Å². The zero-order valence-electron chi connectivity index (χ0n) is 6.96. The van der Waals surface area contributed by atoms with Gasteiger partial charge in [0.25, 0.3) is 5.91 Å². The van der Waals surface area contributed by atoms with Crippen LogP contribution in [-0.4, -0.2) is 21.6 Å². The first-order valence-corrected chi connectivity index (χ1v) is 3.50. The molecule has 0 aliphatic heterocycles. The normalized spacial score (nSPS) is 9.17. The van der Waals surface area contributed by atoms with E-state index >= 15 is 0 Å². The van der Waals surface area contributed by atoms with Crippen LogP contribution in [0.25, 0.3) is 0 Å². The Morgan fingerprint density at radius 2 is 2.42 bits per heavy atom. The molecule has 0 unspecified atom stereocenters. The largest absolute Gasteiger partial charge is 0.341 e. The minimum atomic E-state index is -0.284. The number of rotatable bonds is 2. The number of hydrogen-bond donors (Lipinski definition) is 2. The average Bonchev–Trinajstić information content (AvgIpc) is 2.51. The maximum atomic E-state index is 11.1. The summed E-state index contributed by atoms with van der Waals surface area (Å²) in [5, 5.41) is 3.75. The maximum absolute atomic E-state index is 11.1. The van der Waals surface area contributed by atoms with Crippen LogP contribution in [0.3, 0.4) is 0 Å². The number of H-pyrrole nitrogens is 1. The molecule has 5 nitrogen and oxygen atoms in total. The number of nitrogens with zero attached hydrogens (tertiary/aromatic N) is 2. The summed E-state index contributed by atoms with van der Waals surface area (Å²) in [4.78, 5) is 17.5. The van der Waals surface area contributed by atoms with Crippen molar-refractivity contribution in [2.24, 2.45) is 5.10 Å². The highest BCUT2D eigenvalue weighted by Gasteiger charge is 2.03. The van der Waals surface area contributed by atoms with Crippen LogP contribution in [0.15, 0.2) is 17.6 Å². The molecule has 0 aliphatic carbocycles. The molecule has 0 atom stereocenters. The summed E-state index contributed by atoms with van der Waals surface area (Å²) in [5.41, 5.74) is 3.56. The van der Waals surface area contributed by atoms with E-state index in [1.807, 2.05) is 0 Å². The van der Waals surface area contributed by atoms with E-state index < -0.39 is 0 Å². The van der Waals surface area contributed by atoms with Crippen molar-refractivity contribution >= 4 is 11.6 Å². The van der Waals surface area contributed by atoms with E-state index in [0.717, 1.165) is 5.71 Å². The number of hydrogen-bond acceptors (Lipinski definition) is 3. The topological polar surface area (TPSA) is 70.1 Å². The molecule has 0 fully saturated rings. The minimum absolute atomic E-state index is 0.284. The highest BCUT2D eigenvalue weighted by atomic mass is 16.2. The van der Waals surface area contributed by atoms with Gasteiger partial charge in [0.2, 0.25) is 0 Å². The van der Waals surface area contributed by atoms with E-state index in [-0.39, 0.29) is 5.91 Å². The Hall–Kier alpha value is -1.65. The highest BCUT2D eigenvalue weighted by Crippen LogP contribution is 1.89. The number of carbonyl (C=O) groups excluding carboxylic acids is 1. The maximum Gasteiger partial charge on any atom is 0.289 e. The SMILES string of the molecule is CC(C)=NNC(=O)c1cnc[nH]1. The summed E-state index contributed by atoms with van der Waals surface area (Å²) < 4.78 is 0. The monoisotopic (exact) mass is 166 g/mol. The Balaban J connectivity index is 2.57. The van der Waals surface area contributed by atoms with Crippen LogP contribution >= 0.6 is 0 Å². The standard InChI is InChI=1S/C7H10N4O/c1-5(2)10-11-7(12)6-3-8-4-9-6/h3-4H,1-2H3,(H,8,9)(H,11,12). The van der Waals surface area contributed by atoms with Crippen LogP contribution in [0, 0.1) is 0 Å². The fraction of sp³-hybridized carbons (Fsp3) is 0.286. The average molecular weight is 166 g/mol. The molecule has 2 N–H and O–H groups in total. The third-order valence-electron chi connectivity index (χ3n) is 1.12. The Labute approximate surface area is 69.9 Å². The number of imidazole rings is 1. The van der Waals surface area contributed by atoms with Gasteiger partial charge in [0.05, 0.1) is 12.5 Å². The lowest BCUT2D eigenvalue weighted by Crippen LogP contribution is -2.18. The van der Waals surface area contributed by atoms with Crippen LogP contribution in [0.5, 0.6) is 0 Å². The molecule has 0 saturated carbocycles. The summed E-state index contributed by atoms with van der Waals surface area (Å²) >= 11 is 0. The van der Waals surface area contributed by atoms with Gasteiger partial charge >= 0.3 is 0 Å². The van der Waals surface area contributed by atoms with E-state index in [1.54, 1.807) is 13.8 Å². The van der Waals surface area contributed by atoms with Gasteiger partial charge in [0.15, 0.2) is 0 Å². The van der Waals surface area contributed by atoms with Gasteiger partial charge in [0, 0.05) is 5.71 Å². The van der Waals surface area contributed by atoms with Crippen molar-refractivity contribution in [1.29, 1.82) is 0 Å². The number of amides is 1. The van der Waals surface area contributed by atoms with Gasteiger partial charge < -0.3 is 4.98 Å². The van der Waals surface area contributed by atoms with Gasteiger partial charge in [-0.2, -0.15) is 5.10 Å². The molecular weight excluding hydrogens is 156 g/mol. The number of aromatic amines is 1. The molecule has 0 aliphatic rings. The molecule has 5 heteroatoms. The van der Waals surface area contributed by atoms with Crippen molar-refractivity contribution < 1.29 is 4.79 Å². The van der Waals surface area contributed by atoms with Crippen molar-refractivity contribution in [2.75, 3.05) is 0 Å². The van der Waals surface area contributed by atoms with Crippen molar-refractivity contribution in [3.63, 3.8) is 0 Å². The van der Waals surface area contributed by atoms with Crippen molar-refractivity contribution in [3.05, 3.63) is 18.2 Å². The molecule has 0 aromatic carbocycles. The Morgan fingerprint density at radius 1 is 1.67 bits per heavy atom. The summed E-state index contributed by atoms with van der Waals surface area (Å²) in [6, 6.07) is 0. The summed E-state index contributed by atoms with van der Waals surface area (Å²) in [6.45, 7) is 3.60. The molecule has 64 valence electrons. The molecule has 1 aromatic rings. The molecule has 0 spiro atoms. The van der Waals surface area contributed by atoms with Crippen molar-refractivity contribution in [2.45, 2.75) is 13.8 Å². The van der Waals surface area contributed by atoms with E-state index in [1.165, 1.54) is 12.5 Å². The number of hydrazone groups is 1. The van der Waals surface area contributed by atoms with Gasteiger partial charge in [0.1, 0.15) is 5.69 Å². The van der Waals surface area contributed by atoms with Crippen LogP contribution in [0.4, 0.5) is 0 Å². The zero-order valence-corrected chi connectivity index (χ0v) is 6.96. The smallest absolute Gasteiger partial charge is 0.289 e. The van der Waals surface area contributed by atoms with E-state index in [0.29, 0.717) is 5.69 Å². The van der Waals surface area contributed by atoms with Gasteiger partial charge in [-0.25, -0.2) is 10.4 Å². The van der Waals surface area contributed by atoms with Crippen LogP contribution in [0.1, 0.15) is 24.3 Å². The first-order valence-electron chi connectivity index (χ1n) is 3.50. The Kier molecular flexibility index (Phi) is 2.57. The first-order chi connectivity index (χ1) is 5.70. The summed E-state index contributed by atoms with van der Waals surface area (Å²) in [7, 11) is 0. The second-order valence-electron chi connectivity index (χ2n) is 2.47. The minimum Gasteiger partial charge on any atom is -0.341 e. The fourth-order valence-corrected chi connectivity index (χ4v) is 0.603. The molecule has 1 heterocycles.